The molecule has 2 heterocycles. The van der Waals surface area contributed by atoms with Gasteiger partial charge in [-0.25, -0.2) is 0 Å². The van der Waals surface area contributed by atoms with E-state index in [4.69, 9.17) is 0 Å². The molecule has 26 heavy (non-hydrogen) atoms. The Bertz CT molecular complexity index is 1040. The van der Waals surface area contributed by atoms with Gasteiger partial charge in [-0.05, 0) is 47.5 Å². The van der Waals surface area contributed by atoms with Gasteiger partial charge in [-0.15, -0.1) is 10.2 Å². The minimum atomic E-state index is -4.55. The van der Waals surface area contributed by atoms with E-state index >= 15 is 0 Å². The molecule has 0 radical (unpaired) electrons. The second-order valence-electron chi connectivity index (χ2n) is 5.74. The van der Waals surface area contributed by atoms with Gasteiger partial charge in [0.05, 0.1) is 0 Å². The molecule has 0 aliphatic heterocycles. The van der Waals surface area contributed by atoms with Crippen LogP contribution in [0, 0.1) is 0 Å². The Balaban J connectivity index is 1.65. The minimum Gasteiger partial charge on any atom is -0.356 e. The lowest BCUT2D eigenvalue weighted by atomic mass is 10.1. The van der Waals surface area contributed by atoms with E-state index < -0.39 is 12.0 Å². The number of fused-ring (bicyclic) bond motifs is 1. The molecule has 4 nitrogen and oxygen atoms in total. The number of anilines is 2. The number of benzene rings is 2. The van der Waals surface area contributed by atoms with Crippen molar-refractivity contribution in [3.63, 3.8) is 0 Å². The Kier molecular flexibility index (Phi) is 3.84. The van der Waals surface area contributed by atoms with E-state index in [1.54, 1.807) is 6.07 Å². The third kappa shape index (κ3) is 3.11. The first-order valence-corrected chi connectivity index (χ1v) is 7.85. The molecule has 0 amide bonds. The molecule has 2 aromatic carbocycles. The molecular weight excluding hydrogens is 341 g/mol. The number of aromatic nitrogens is 3. The van der Waals surface area contributed by atoms with Crippen molar-refractivity contribution < 1.29 is 13.2 Å². The fourth-order valence-corrected chi connectivity index (χ4v) is 2.69. The van der Waals surface area contributed by atoms with Crippen LogP contribution in [0.4, 0.5) is 24.5 Å². The molecule has 0 saturated heterocycles. The summed E-state index contributed by atoms with van der Waals surface area (Å²) < 4.78 is 40.0. The van der Waals surface area contributed by atoms with E-state index in [1.165, 1.54) is 12.3 Å². The highest BCUT2D eigenvalue weighted by atomic mass is 19.4. The number of alkyl halides is 3. The zero-order valence-corrected chi connectivity index (χ0v) is 13.4. The second kappa shape index (κ2) is 6.18. The number of hydrogen-bond acceptors (Lipinski definition) is 3. The Morgan fingerprint density at radius 3 is 2.08 bits per heavy atom. The van der Waals surface area contributed by atoms with Crippen molar-refractivity contribution in [2.24, 2.45) is 0 Å². The van der Waals surface area contributed by atoms with Gasteiger partial charge in [0, 0.05) is 17.6 Å². The van der Waals surface area contributed by atoms with Gasteiger partial charge in [0.1, 0.15) is 0 Å². The highest BCUT2D eigenvalue weighted by molar-refractivity contribution is 5.69. The lowest BCUT2D eigenvalue weighted by Gasteiger charge is -2.09. The van der Waals surface area contributed by atoms with E-state index in [2.05, 4.69) is 15.5 Å². The van der Waals surface area contributed by atoms with Gasteiger partial charge in [0.2, 0.25) is 5.82 Å². The number of hydrogen-bond donors (Lipinski definition) is 1. The van der Waals surface area contributed by atoms with Crippen LogP contribution < -0.4 is 5.32 Å². The maximum atomic E-state index is 13.0. The lowest BCUT2D eigenvalue weighted by Crippen LogP contribution is -2.10. The minimum absolute atomic E-state index is 0.156. The van der Waals surface area contributed by atoms with Crippen molar-refractivity contribution >= 4 is 17.0 Å². The quantitative estimate of drug-likeness (QED) is 0.553. The van der Waals surface area contributed by atoms with Crippen LogP contribution in [0.1, 0.15) is 5.82 Å². The van der Waals surface area contributed by atoms with Crippen molar-refractivity contribution in [2.75, 3.05) is 5.32 Å². The van der Waals surface area contributed by atoms with Crippen LogP contribution in [0.3, 0.4) is 0 Å². The summed E-state index contributed by atoms with van der Waals surface area (Å²) in [4.78, 5) is 0. The van der Waals surface area contributed by atoms with E-state index in [1.807, 2.05) is 54.6 Å². The molecular formula is C19H13F3N4. The predicted octanol–water partition coefficient (Wildman–Crippen LogP) is 5.16. The fourth-order valence-electron chi connectivity index (χ4n) is 2.69. The maximum Gasteiger partial charge on any atom is 0.452 e. The molecule has 0 unspecified atom stereocenters. The molecule has 0 saturated carbocycles. The third-order valence-corrected chi connectivity index (χ3v) is 3.94. The van der Waals surface area contributed by atoms with Gasteiger partial charge in [-0.1, -0.05) is 30.3 Å². The molecule has 4 aromatic rings. The highest BCUT2D eigenvalue weighted by Crippen LogP contribution is 2.30. The first kappa shape index (κ1) is 16.1. The second-order valence-corrected chi connectivity index (χ2v) is 5.74. The van der Waals surface area contributed by atoms with Crippen LogP contribution in [0.15, 0.2) is 72.9 Å². The van der Waals surface area contributed by atoms with Crippen molar-refractivity contribution in [1.82, 2.24) is 14.6 Å². The number of halogens is 3. The van der Waals surface area contributed by atoms with Gasteiger partial charge in [0.25, 0.3) is 0 Å². The van der Waals surface area contributed by atoms with Crippen LogP contribution in [0.2, 0.25) is 0 Å². The van der Waals surface area contributed by atoms with Crippen LogP contribution in [0.25, 0.3) is 16.8 Å². The maximum absolute atomic E-state index is 13.0. The SMILES string of the molecule is FC(F)(F)c1nnc2ccc(-c3ccc(Nc4ccccc4)cc3)cn12. The van der Waals surface area contributed by atoms with E-state index in [9.17, 15) is 13.2 Å². The molecule has 0 bridgehead atoms. The summed E-state index contributed by atoms with van der Waals surface area (Å²) in [5.41, 5.74) is 3.45. The molecule has 4 rings (SSSR count). The summed E-state index contributed by atoms with van der Waals surface area (Å²) in [6.45, 7) is 0. The van der Waals surface area contributed by atoms with Gasteiger partial charge in [-0.2, -0.15) is 13.2 Å². The van der Waals surface area contributed by atoms with E-state index in [0.717, 1.165) is 21.3 Å². The normalized spacial score (nSPS) is 11.7. The zero-order chi connectivity index (χ0) is 18.1. The average Bonchev–Trinajstić information content (AvgIpc) is 3.07. The molecule has 7 heteroatoms. The van der Waals surface area contributed by atoms with Gasteiger partial charge < -0.3 is 5.32 Å². The number of para-hydroxylation sites is 1. The zero-order valence-electron chi connectivity index (χ0n) is 13.4. The van der Waals surface area contributed by atoms with E-state index in [-0.39, 0.29) is 5.65 Å². The molecule has 0 fully saturated rings. The third-order valence-electron chi connectivity index (χ3n) is 3.94. The summed E-state index contributed by atoms with van der Waals surface area (Å²) in [7, 11) is 0. The lowest BCUT2D eigenvalue weighted by molar-refractivity contribution is -0.145. The molecule has 0 atom stereocenters. The fraction of sp³-hybridized carbons (Fsp3) is 0.0526. The van der Waals surface area contributed by atoms with Crippen LogP contribution in [-0.2, 0) is 6.18 Å². The van der Waals surface area contributed by atoms with Gasteiger partial charge in [-0.3, -0.25) is 4.40 Å². The standard InChI is InChI=1S/C19H13F3N4/c20-19(21,22)18-25-24-17-11-8-14(12-26(17)18)13-6-9-16(10-7-13)23-15-4-2-1-3-5-15/h1-12,23H. The smallest absolute Gasteiger partial charge is 0.356 e. The molecule has 1 N–H and O–H groups in total. The number of nitrogens with one attached hydrogen (secondary N) is 1. The van der Waals surface area contributed by atoms with Crippen LogP contribution in [-0.4, -0.2) is 14.6 Å². The first-order valence-electron chi connectivity index (χ1n) is 7.85. The molecule has 0 aliphatic rings. The van der Waals surface area contributed by atoms with Crippen molar-refractivity contribution in [3.8, 4) is 11.1 Å². The monoisotopic (exact) mass is 354 g/mol. The Morgan fingerprint density at radius 1 is 0.731 bits per heavy atom. The molecule has 2 aromatic heterocycles. The summed E-state index contributed by atoms with van der Waals surface area (Å²) in [6, 6.07) is 20.4. The molecule has 0 aliphatic carbocycles. The number of pyridine rings is 1. The van der Waals surface area contributed by atoms with Crippen molar-refractivity contribution in [3.05, 3.63) is 78.8 Å². The summed E-state index contributed by atoms with van der Waals surface area (Å²) in [5, 5.41) is 10.1. The van der Waals surface area contributed by atoms with Crippen LogP contribution in [0.5, 0.6) is 0 Å². The summed E-state index contributed by atoms with van der Waals surface area (Å²) in [6.07, 6.45) is -3.15. The van der Waals surface area contributed by atoms with Gasteiger partial charge >= 0.3 is 6.18 Å². The highest BCUT2D eigenvalue weighted by Gasteiger charge is 2.36. The van der Waals surface area contributed by atoms with Crippen molar-refractivity contribution in [1.29, 1.82) is 0 Å². The first-order chi connectivity index (χ1) is 12.5. The topological polar surface area (TPSA) is 42.2 Å². The number of nitrogens with zero attached hydrogens (tertiary/aromatic N) is 3. The van der Waals surface area contributed by atoms with Crippen molar-refractivity contribution in [2.45, 2.75) is 6.18 Å². The molecule has 0 spiro atoms. The van der Waals surface area contributed by atoms with Gasteiger partial charge in [0.15, 0.2) is 5.65 Å². The predicted molar refractivity (Wildman–Crippen MR) is 93.1 cm³/mol. The summed E-state index contributed by atoms with van der Waals surface area (Å²) >= 11 is 0. The Morgan fingerprint density at radius 2 is 1.38 bits per heavy atom. The average molecular weight is 354 g/mol. The number of rotatable bonds is 3. The Labute approximate surface area is 146 Å². The van der Waals surface area contributed by atoms with E-state index in [0.29, 0.717) is 5.56 Å². The Hall–Kier alpha value is -3.35. The summed E-state index contributed by atoms with van der Waals surface area (Å²) in [5.74, 6) is -1.03. The van der Waals surface area contributed by atoms with Crippen LogP contribution >= 0.6 is 0 Å². The molecule has 130 valence electrons. The largest absolute Gasteiger partial charge is 0.452 e.